The van der Waals surface area contributed by atoms with Gasteiger partial charge in [0.1, 0.15) is 5.57 Å². The van der Waals surface area contributed by atoms with Crippen molar-refractivity contribution in [1.29, 1.82) is 0 Å². The van der Waals surface area contributed by atoms with Crippen LogP contribution in [0.25, 0.3) is 0 Å². The number of hydrogen-bond acceptors (Lipinski definition) is 3. The number of methoxy groups -OCH3 is 1. The lowest BCUT2D eigenvalue weighted by Crippen LogP contribution is -2.16. The highest BCUT2D eigenvalue weighted by atomic mass is 16.5. The summed E-state index contributed by atoms with van der Waals surface area (Å²) < 4.78 is 4.38. The Kier molecular flexibility index (Phi) is 4.80. The molecule has 0 radical (unpaired) electrons. The first-order chi connectivity index (χ1) is 6.08. The smallest absolute Gasteiger partial charge is 0.345 e. The van der Waals surface area contributed by atoms with E-state index in [-0.39, 0.29) is 5.57 Å². The van der Waals surface area contributed by atoms with E-state index >= 15 is 0 Å². The molecule has 0 aromatic carbocycles. The van der Waals surface area contributed by atoms with Crippen LogP contribution in [0, 0.1) is 0 Å². The monoisotopic (exact) mass is 186 g/mol. The lowest BCUT2D eigenvalue weighted by atomic mass is 10.0. The SMILES string of the molecule is CCC(CC)=C(C(=O)O)C(=O)OC. The number of esters is 1. The number of hydrogen-bond donors (Lipinski definition) is 1. The van der Waals surface area contributed by atoms with Crippen LogP contribution in [0.1, 0.15) is 26.7 Å². The van der Waals surface area contributed by atoms with Gasteiger partial charge in [-0.3, -0.25) is 0 Å². The molecule has 0 fully saturated rings. The van der Waals surface area contributed by atoms with Gasteiger partial charge in [0, 0.05) is 0 Å². The maximum Gasteiger partial charge on any atom is 0.345 e. The number of ether oxygens (including phenoxy) is 1. The van der Waals surface area contributed by atoms with Crippen LogP contribution in [0.4, 0.5) is 0 Å². The molecule has 74 valence electrons. The molecule has 0 saturated heterocycles. The summed E-state index contributed by atoms with van der Waals surface area (Å²) in [5.41, 5.74) is 0.381. The Morgan fingerprint density at radius 1 is 1.23 bits per heavy atom. The number of rotatable bonds is 4. The molecule has 0 aromatic rings. The average molecular weight is 186 g/mol. The van der Waals surface area contributed by atoms with Crippen LogP contribution in [0.2, 0.25) is 0 Å². The molecular weight excluding hydrogens is 172 g/mol. The molecule has 4 nitrogen and oxygen atoms in total. The Morgan fingerprint density at radius 2 is 1.69 bits per heavy atom. The predicted molar refractivity (Wildman–Crippen MR) is 47.3 cm³/mol. The molecule has 0 bridgehead atoms. The van der Waals surface area contributed by atoms with Gasteiger partial charge in [-0.1, -0.05) is 13.8 Å². The van der Waals surface area contributed by atoms with Crippen LogP contribution in [0.3, 0.4) is 0 Å². The molecule has 0 unspecified atom stereocenters. The van der Waals surface area contributed by atoms with E-state index in [9.17, 15) is 9.59 Å². The molecule has 0 spiro atoms. The van der Waals surface area contributed by atoms with Crippen LogP contribution < -0.4 is 0 Å². The van der Waals surface area contributed by atoms with Crippen molar-refractivity contribution in [2.45, 2.75) is 26.7 Å². The second-order valence-corrected chi connectivity index (χ2v) is 2.48. The van der Waals surface area contributed by atoms with Crippen LogP contribution in [0.15, 0.2) is 11.1 Å². The van der Waals surface area contributed by atoms with Gasteiger partial charge >= 0.3 is 11.9 Å². The minimum absolute atomic E-state index is 0.229. The third kappa shape index (κ3) is 2.89. The largest absolute Gasteiger partial charge is 0.477 e. The number of allylic oxidation sites excluding steroid dienone is 1. The Hall–Kier alpha value is -1.32. The van der Waals surface area contributed by atoms with E-state index in [1.807, 2.05) is 13.8 Å². The molecule has 0 amide bonds. The summed E-state index contributed by atoms with van der Waals surface area (Å²) in [6.07, 6.45) is 1.10. The van der Waals surface area contributed by atoms with Gasteiger partial charge in [0.15, 0.2) is 0 Å². The molecule has 0 aliphatic heterocycles. The minimum atomic E-state index is -1.22. The average Bonchev–Trinajstić information content (AvgIpc) is 2.12. The maximum atomic E-state index is 11.1. The normalized spacial score (nSPS) is 9.15. The Bertz CT molecular complexity index is 234. The summed E-state index contributed by atoms with van der Waals surface area (Å²) in [4.78, 5) is 21.8. The number of carboxylic acids is 1. The summed E-state index contributed by atoms with van der Waals surface area (Å²) in [6, 6.07) is 0. The van der Waals surface area contributed by atoms with E-state index in [4.69, 9.17) is 5.11 Å². The molecule has 0 aliphatic rings. The fraction of sp³-hybridized carbons (Fsp3) is 0.556. The summed E-state index contributed by atoms with van der Waals surface area (Å²) >= 11 is 0. The van der Waals surface area contributed by atoms with Crippen molar-refractivity contribution >= 4 is 11.9 Å². The molecule has 0 saturated carbocycles. The van der Waals surface area contributed by atoms with Gasteiger partial charge in [-0.15, -0.1) is 0 Å². The van der Waals surface area contributed by atoms with Crippen LogP contribution >= 0.6 is 0 Å². The highest BCUT2D eigenvalue weighted by Crippen LogP contribution is 2.14. The first kappa shape index (κ1) is 11.7. The van der Waals surface area contributed by atoms with E-state index in [0.29, 0.717) is 18.4 Å². The van der Waals surface area contributed by atoms with Gasteiger partial charge in [-0.2, -0.15) is 0 Å². The first-order valence-corrected chi connectivity index (χ1v) is 4.12. The summed E-state index contributed by atoms with van der Waals surface area (Å²) in [5.74, 6) is -1.99. The third-order valence-corrected chi connectivity index (χ3v) is 1.81. The maximum absolute atomic E-state index is 11.1. The molecule has 0 heterocycles. The molecule has 0 rings (SSSR count). The number of carbonyl (C=O) groups is 2. The second-order valence-electron chi connectivity index (χ2n) is 2.48. The zero-order valence-electron chi connectivity index (χ0n) is 8.09. The van der Waals surface area contributed by atoms with E-state index in [1.54, 1.807) is 0 Å². The lowest BCUT2D eigenvalue weighted by Gasteiger charge is -2.06. The molecule has 0 aromatic heterocycles. The molecule has 4 heteroatoms. The zero-order valence-corrected chi connectivity index (χ0v) is 8.09. The summed E-state index contributed by atoms with van der Waals surface area (Å²) in [6.45, 7) is 3.62. The third-order valence-electron chi connectivity index (χ3n) is 1.81. The predicted octanol–water partition coefficient (Wildman–Crippen LogP) is 1.36. The number of carboxylic acid groups (broad SMARTS) is 1. The van der Waals surface area contributed by atoms with Gasteiger partial charge in [0.25, 0.3) is 0 Å². The van der Waals surface area contributed by atoms with Crippen molar-refractivity contribution < 1.29 is 19.4 Å². The molecule has 0 atom stereocenters. The van der Waals surface area contributed by atoms with Crippen molar-refractivity contribution in [3.05, 3.63) is 11.1 Å². The van der Waals surface area contributed by atoms with Crippen molar-refractivity contribution in [2.75, 3.05) is 7.11 Å². The van der Waals surface area contributed by atoms with E-state index in [2.05, 4.69) is 4.74 Å². The first-order valence-electron chi connectivity index (χ1n) is 4.12. The van der Waals surface area contributed by atoms with Gasteiger partial charge in [-0.05, 0) is 18.4 Å². The lowest BCUT2D eigenvalue weighted by molar-refractivity contribution is -0.142. The van der Waals surface area contributed by atoms with Crippen molar-refractivity contribution in [3.8, 4) is 0 Å². The Labute approximate surface area is 77.2 Å². The van der Waals surface area contributed by atoms with Gasteiger partial charge < -0.3 is 9.84 Å². The van der Waals surface area contributed by atoms with Crippen molar-refractivity contribution in [2.24, 2.45) is 0 Å². The van der Waals surface area contributed by atoms with Crippen LogP contribution in [-0.4, -0.2) is 24.2 Å². The van der Waals surface area contributed by atoms with E-state index in [0.717, 1.165) is 0 Å². The second kappa shape index (κ2) is 5.35. The van der Waals surface area contributed by atoms with Gasteiger partial charge in [0.2, 0.25) is 0 Å². The molecular formula is C9H14O4. The summed E-state index contributed by atoms with van der Waals surface area (Å²) in [5, 5.41) is 8.75. The van der Waals surface area contributed by atoms with Crippen molar-refractivity contribution in [1.82, 2.24) is 0 Å². The number of carbonyl (C=O) groups excluding carboxylic acids is 1. The standard InChI is InChI=1S/C9H14O4/c1-4-6(5-2)7(8(10)11)9(12)13-3/h4-5H2,1-3H3,(H,10,11). The van der Waals surface area contributed by atoms with Crippen LogP contribution in [-0.2, 0) is 14.3 Å². The number of aliphatic carboxylic acids is 1. The molecule has 1 N–H and O–H groups in total. The summed E-state index contributed by atoms with van der Waals surface area (Å²) in [7, 11) is 1.17. The minimum Gasteiger partial charge on any atom is -0.477 e. The quantitative estimate of drug-likeness (QED) is 0.311. The molecule has 0 aliphatic carbocycles. The molecule has 13 heavy (non-hydrogen) atoms. The highest BCUT2D eigenvalue weighted by molar-refractivity contribution is 6.13. The van der Waals surface area contributed by atoms with Gasteiger partial charge in [0.05, 0.1) is 7.11 Å². The van der Waals surface area contributed by atoms with E-state index < -0.39 is 11.9 Å². The fourth-order valence-electron chi connectivity index (χ4n) is 1.09. The fourth-order valence-corrected chi connectivity index (χ4v) is 1.09. The van der Waals surface area contributed by atoms with Crippen LogP contribution in [0.5, 0.6) is 0 Å². The Morgan fingerprint density at radius 3 is 1.92 bits per heavy atom. The topological polar surface area (TPSA) is 63.6 Å². The van der Waals surface area contributed by atoms with Crippen molar-refractivity contribution in [3.63, 3.8) is 0 Å². The van der Waals surface area contributed by atoms with E-state index in [1.165, 1.54) is 7.11 Å². The Balaban J connectivity index is 5.08. The zero-order chi connectivity index (χ0) is 10.4. The highest BCUT2D eigenvalue weighted by Gasteiger charge is 2.21. The van der Waals surface area contributed by atoms with Gasteiger partial charge in [-0.25, -0.2) is 9.59 Å².